The SMILES string of the molecule is CC(C)(C)OC(=O)CCCNCCCOCc1ccccc1-c1nc(N(c2cccc(F)n2)S(=O)[O-])ccc1C(F)(F)F. The number of benzene rings is 1. The van der Waals surface area contributed by atoms with Gasteiger partial charge in [-0.05, 0) is 76.5 Å². The van der Waals surface area contributed by atoms with E-state index < -0.39 is 46.1 Å². The van der Waals surface area contributed by atoms with Crippen molar-refractivity contribution in [3.63, 3.8) is 0 Å². The Labute approximate surface area is 250 Å². The number of carbonyl (C=O) groups is 1. The summed E-state index contributed by atoms with van der Waals surface area (Å²) < 4.78 is 91.3. The van der Waals surface area contributed by atoms with E-state index in [9.17, 15) is 31.1 Å². The minimum atomic E-state index is -4.80. The molecule has 0 aliphatic rings. The van der Waals surface area contributed by atoms with Crippen LogP contribution in [0.5, 0.6) is 0 Å². The second-order valence-corrected chi connectivity index (χ2v) is 11.2. The molecule has 0 radical (unpaired) electrons. The Morgan fingerprint density at radius 1 is 0.977 bits per heavy atom. The third-order valence-electron chi connectivity index (χ3n) is 5.78. The second-order valence-electron chi connectivity index (χ2n) is 10.4. The number of anilines is 2. The van der Waals surface area contributed by atoms with Gasteiger partial charge in [0.05, 0.1) is 29.1 Å². The number of rotatable bonds is 14. The number of hydrogen-bond donors (Lipinski definition) is 1. The van der Waals surface area contributed by atoms with Gasteiger partial charge in [0.15, 0.2) is 0 Å². The molecule has 0 aliphatic carbocycles. The zero-order chi connectivity index (χ0) is 31.6. The van der Waals surface area contributed by atoms with Crippen LogP contribution < -0.4 is 9.62 Å². The van der Waals surface area contributed by atoms with Gasteiger partial charge in [-0.1, -0.05) is 30.3 Å². The fraction of sp³-hybridized carbons (Fsp3) is 0.414. The Kier molecular flexibility index (Phi) is 12.1. The topological polar surface area (TPSA) is 117 Å². The lowest BCUT2D eigenvalue weighted by atomic mass is 10.00. The van der Waals surface area contributed by atoms with Gasteiger partial charge in [0, 0.05) is 18.6 Å². The molecule has 2 aromatic heterocycles. The number of aromatic nitrogens is 2. The number of hydrogen-bond acceptors (Lipinski definition) is 8. The quantitative estimate of drug-likeness (QED) is 0.0780. The summed E-state index contributed by atoms with van der Waals surface area (Å²) in [5, 5.41) is 3.20. The number of ether oxygens (including phenoxy) is 2. The molecule has 9 nitrogen and oxygen atoms in total. The van der Waals surface area contributed by atoms with Crippen LogP contribution in [-0.2, 0) is 38.3 Å². The van der Waals surface area contributed by atoms with E-state index >= 15 is 0 Å². The number of pyridine rings is 2. The zero-order valence-corrected chi connectivity index (χ0v) is 24.8. The van der Waals surface area contributed by atoms with E-state index in [0.717, 1.165) is 18.2 Å². The number of nitrogens with zero attached hydrogens (tertiary/aromatic N) is 3. The molecule has 0 bridgehead atoms. The van der Waals surface area contributed by atoms with Gasteiger partial charge in [-0.25, -0.2) is 14.3 Å². The van der Waals surface area contributed by atoms with Gasteiger partial charge in [0.25, 0.3) is 0 Å². The predicted molar refractivity (Wildman–Crippen MR) is 152 cm³/mol. The molecule has 0 aliphatic heterocycles. The maximum atomic E-state index is 14.0. The number of halogens is 4. The van der Waals surface area contributed by atoms with Crippen LogP contribution in [0.25, 0.3) is 11.3 Å². The fourth-order valence-electron chi connectivity index (χ4n) is 4.01. The Morgan fingerprint density at radius 3 is 2.35 bits per heavy atom. The monoisotopic (exact) mass is 625 g/mol. The average Bonchev–Trinajstić information content (AvgIpc) is 2.90. The molecule has 0 spiro atoms. The van der Waals surface area contributed by atoms with Crippen LogP contribution in [0.2, 0.25) is 0 Å². The molecule has 1 unspecified atom stereocenters. The van der Waals surface area contributed by atoms with Crippen molar-refractivity contribution in [1.82, 2.24) is 15.3 Å². The maximum absolute atomic E-state index is 14.0. The minimum Gasteiger partial charge on any atom is -0.755 e. The molecular weight excluding hydrogens is 592 g/mol. The summed E-state index contributed by atoms with van der Waals surface area (Å²) in [7, 11) is 0. The Morgan fingerprint density at radius 2 is 1.67 bits per heavy atom. The molecule has 43 heavy (non-hydrogen) atoms. The molecule has 1 N–H and O–H groups in total. The lowest BCUT2D eigenvalue weighted by Crippen LogP contribution is -2.25. The molecular formula is C29H33F4N4O5S-. The molecule has 14 heteroatoms. The summed E-state index contributed by atoms with van der Waals surface area (Å²) in [4.78, 5) is 19.3. The van der Waals surface area contributed by atoms with E-state index in [1.54, 1.807) is 12.1 Å². The van der Waals surface area contributed by atoms with Crippen LogP contribution in [0.15, 0.2) is 54.6 Å². The maximum Gasteiger partial charge on any atom is 0.418 e. The first-order valence-corrected chi connectivity index (χ1v) is 14.5. The van der Waals surface area contributed by atoms with Crippen LogP contribution in [-0.4, -0.2) is 50.0 Å². The summed E-state index contributed by atoms with van der Waals surface area (Å²) in [6.45, 7) is 6.92. The van der Waals surface area contributed by atoms with Crippen molar-refractivity contribution in [3.05, 3.63) is 71.7 Å². The predicted octanol–water partition coefficient (Wildman–Crippen LogP) is 5.85. The molecule has 0 fully saturated rings. The van der Waals surface area contributed by atoms with E-state index in [0.29, 0.717) is 48.8 Å². The Bertz CT molecular complexity index is 1400. The molecule has 1 aromatic carbocycles. The number of alkyl halides is 3. The highest BCUT2D eigenvalue weighted by atomic mass is 32.2. The molecule has 2 heterocycles. The lowest BCUT2D eigenvalue weighted by Gasteiger charge is -2.25. The van der Waals surface area contributed by atoms with Crippen molar-refractivity contribution in [1.29, 1.82) is 0 Å². The van der Waals surface area contributed by atoms with Gasteiger partial charge in [0.1, 0.15) is 17.2 Å². The van der Waals surface area contributed by atoms with Crippen molar-refractivity contribution >= 4 is 28.9 Å². The smallest absolute Gasteiger partial charge is 0.418 e. The first kappa shape index (κ1) is 34.0. The second kappa shape index (κ2) is 15.3. The lowest BCUT2D eigenvalue weighted by molar-refractivity contribution is -0.154. The van der Waals surface area contributed by atoms with Gasteiger partial charge in [0.2, 0.25) is 5.95 Å². The molecule has 0 amide bonds. The van der Waals surface area contributed by atoms with Gasteiger partial charge >= 0.3 is 12.1 Å². The van der Waals surface area contributed by atoms with E-state index in [1.807, 2.05) is 20.8 Å². The summed E-state index contributed by atoms with van der Waals surface area (Å²) in [5.74, 6) is -2.01. The summed E-state index contributed by atoms with van der Waals surface area (Å²) >= 11 is -3.07. The summed E-state index contributed by atoms with van der Waals surface area (Å²) in [6, 6.07) is 11.2. The third-order valence-corrected chi connectivity index (χ3v) is 6.45. The number of esters is 1. The van der Waals surface area contributed by atoms with Crippen molar-refractivity contribution in [2.24, 2.45) is 0 Å². The first-order chi connectivity index (χ1) is 20.3. The van der Waals surface area contributed by atoms with Crippen LogP contribution in [0.3, 0.4) is 0 Å². The van der Waals surface area contributed by atoms with Gasteiger partial charge in [-0.2, -0.15) is 17.6 Å². The Hall–Kier alpha value is -3.46. The number of nitrogens with one attached hydrogen (secondary N) is 1. The first-order valence-electron chi connectivity index (χ1n) is 13.4. The number of carbonyl (C=O) groups excluding carboxylic acids is 1. The van der Waals surface area contributed by atoms with E-state index in [1.165, 1.54) is 24.3 Å². The van der Waals surface area contributed by atoms with Crippen LogP contribution in [0.1, 0.15) is 51.2 Å². The normalized spacial score (nSPS) is 12.7. The van der Waals surface area contributed by atoms with Crippen molar-refractivity contribution in [2.45, 2.75) is 58.4 Å². The zero-order valence-electron chi connectivity index (χ0n) is 23.9. The largest absolute Gasteiger partial charge is 0.755 e. The van der Waals surface area contributed by atoms with Crippen LogP contribution in [0.4, 0.5) is 29.2 Å². The van der Waals surface area contributed by atoms with Crippen LogP contribution in [0, 0.1) is 5.95 Å². The highest BCUT2D eigenvalue weighted by Gasteiger charge is 2.36. The highest BCUT2D eigenvalue weighted by Crippen LogP contribution is 2.39. The van der Waals surface area contributed by atoms with E-state index in [4.69, 9.17) is 9.47 Å². The molecule has 0 saturated heterocycles. The molecule has 1 atom stereocenters. The van der Waals surface area contributed by atoms with E-state index in [-0.39, 0.29) is 24.0 Å². The standard InChI is InChI=1S/C29H34F4N4O5S/c1-28(2,3)42-26(38)13-7-16-34-17-8-18-41-19-20-9-4-5-10-21(20)27-22(29(31,32)33)14-15-25(36-27)37(43(39)40)24-12-6-11-23(30)35-24/h4-6,9-12,14-15,34H,7-8,13,16-19H2,1-3H3,(H,39,40)/p-1. The van der Waals surface area contributed by atoms with Crippen LogP contribution >= 0.6 is 0 Å². The summed E-state index contributed by atoms with van der Waals surface area (Å²) in [5.41, 5.74) is -1.61. The third kappa shape index (κ3) is 10.6. The molecule has 0 saturated carbocycles. The average molecular weight is 626 g/mol. The van der Waals surface area contributed by atoms with Crippen molar-refractivity contribution in [3.8, 4) is 11.3 Å². The van der Waals surface area contributed by atoms with E-state index in [2.05, 4.69) is 15.3 Å². The fourth-order valence-corrected chi connectivity index (χ4v) is 4.52. The van der Waals surface area contributed by atoms with Crippen molar-refractivity contribution < 1.29 is 40.6 Å². The Balaban J connectivity index is 1.69. The summed E-state index contributed by atoms with van der Waals surface area (Å²) in [6.07, 6.45) is -3.28. The van der Waals surface area contributed by atoms with Gasteiger partial charge in [-0.3, -0.25) is 9.00 Å². The molecule has 3 aromatic rings. The molecule has 3 rings (SSSR count). The minimum absolute atomic E-state index is 0.0271. The van der Waals surface area contributed by atoms with Gasteiger partial charge in [-0.15, -0.1) is 0 Å². The highest BCUT2D eigenvalue weighted by molar-refractivity contribution is 7.81. The van der Waals surface area contributed by atoms with Gasteiger partial charge < -0.3 is 19.3 Å². The molecule has 234 valence electrons. The van der Waals surface area contributed by atoms with Crippen molar-refractivity contribution in [2.75, 3.05) is 24.0 Å².